The van der Waals surface area contributed by atoms with Crippen molar-refractivity contribution >= 4 is 23.6 Å². The summed E-state index contributed by atoms with van der Waals surface area (Å²) in [6, 6.07) is 13.8. The van der Waals surface area contributed by atoms with Gasteiger partial charge in [-0.15, -0.1) is 11.8 Å². The van der Waals surface area contributed by atoms with Crippen LogP contribution in [0.2, 0.25) is 0 Å². The number of carbonyl (C=O) groups excluding carboxylic acids is 2. The standard InChI is InChI=1S/C22H26N2O3S/c1-2-19(17-7-4-3-5-8-17)21(26)23-12-10-22(11-13-23)24(20(25)16-28-22)15-18-9-6-14-27-18/h3-9,14,19H,2,10-13,15-16H2,1H3. The number of rotatable bonds is 5. The minimum Gasteiger partial charge on any atom is -0.467 e. The Morgan fingerprint density at radius 3 is 2.57 bits per heavy atom. The summed E-state index contributed by atoms with van der Waals surface area (Å²) in [6.07, 6.45) is 4.05. The molecule has 2 fully saturated rings. The highest BCUT2D eigenvalue weighted by atomic mass is 32.2. The second-order valence-electron chi connectivity index (χ2n) is 7.49. The van der Waals surface area contributed by atoms with Gasteiger partial charge in [0.1, 0.15) is 5.76 Å². The zero-order valence-electron chi connectivity index (χ0n) is 16.2. The molecule has 0 radical (unpaired) electrons. The molecule has 1 unspecified atom stereocenters. The molecule has 2 saturated heterocycles. The van der Waals surface area contributed by atoms with Crippen molar-refractivity contribution < 1.29 is 14.0 Å². The Balaban J connectivity index is 1.44. The molecule has 3 heterocycles. The molecule has 6 heteroatoms. The van der Waals surface area contributed by atoms with Crippen molar-refractivity contribution in [2.24, 2.45) is 0 Å². The Kier molecular flexibility index (Phi) is 5.49. The third-order valence-corrected chi connectivity index (χ3v) is 7.47. The second-order valence-corrected chi connectivity index (χ2v) is 8.83. The van der Waals surface area contributed by atoms with Crippen molar-refractivity contribution in [1.29, 1.82) is 0 Å². The van der Waals surface area contributed by atoms with Crippen LogP contribution < -0.4 is 0 Å². The predicted octanol–water partition coefficient (Wildman–Crippen LogP) is 3.87. The number of hydrogen-bond acceptors (Lipinski definition) is 4. The fraction of sp³-hybridized carbons (Fsp3) is 0.455. The van der Waals surface area contributed by atoms with Gasteiger partial charge in [0.15, 0.2) is 0 Å². The highest BCUT2D eigenvalue weighted by molar-refractivity contribution is 8.01. The Labute approximate surface area is 170 Å². The molecule has 2 aliphatic rings. The molecule has 0 N–H and O–H groups in total. The molecule has 0 aliphatic carbocycles. The predicted molar refractivity (Wildman–Crippen MR) is 110 cm³/mol. The summed E-state index contributed by atoms with van der Waals surface area (Å²) < 4.78 is 5.46. The number of piperidine rings is 1. The molecule has 2 amide bonds. The van der Waals surface area contributed by atoms with Crippen LogP contribution in [-0.4, -0.2) is 45.3 Å². The lowest BCUT2D eigenvalue weighted by Gasteiger charge is -2.44. The fourth-order valence-corrected chi connectivity index (χ4v) is 5.66. The fourth-order valence-electron chi connectivity index (χ4n) is 4.32. The number of benzene rings is 1. The Morgan fingerprint density at radius 2 is 1.93 bits per heavy atom. The Hall–Kier alpha value is -2.21. The van der Waals surface area contributed by atoms with Crippen LogP contribution in [-0.2, 0) is 16.1 Å². The highest BCUT2D eigenvalue weighted by Gasteiger charge is 2.48. The van der Waals surface area contributed by atoms with E-state index in [0.29, 0.717) is 25.4 Å². The lowest BCUT2D eigenvalue weighted by molar-refractivity contribution is -0.137. The van der Waals surface area contributed by atoms with E-state index < -0.39 is 0 Å². The molecular formula is C22H26N2O3S. The molecule has 2 aromatic rings. The van der Waals surface area contributed by atoms with E-state index in [1.807, 2.05) is 52.3 Å². The molecule has 0 saturated carbocycles. The van der Waals surface area contributed by atoms with Gasteiger partial charge in [-0.25, -0.2) is 0 Å². The lowest BCUT2D eigenvalue weighted by atomic mass is 9.93. The van der Waals surface area contributed by atoms with E-state index in [0.717, 1.165) is 30.6 Å². The topological polar surface area (TPSA) is 53.8 Å². The summed E-state index contributed by atoms with van der Waals surface area (Å²) in [6.45, 7) is 3.96. The maximum Gasteiger partial charge on any atom is 0.234 e. The molecule has 1 spiro atoms. The monoisotopic (exact) mass is 398 g/mol. The van der Waals surface area contributed by atoms with E-state index in [-0.39, 0.29) is 22.6 Å². The second kappa shape index (κ2) is 8.03. The Bertz CT molecular complexity index is 814. The van der Waals surface area contributed by atoms with Crippen LogP contribution in [0, 0.1) is 0 Å². The van der Waals surface area contributed by atoms with Crippen LogP contribution in [0.4, 0.5) is 0 Å². The van der Waals surface area contributed by atoms with Crippen molar-refractivity contribution in [2.45, 2.75) is 43.5 Å². The number of thioether (sulfide) groups is 1. The van der Waals surface area contributed by atoms with Crippen LogP contribution in [0.25, 0.3) is 0 Å². The first kappa shape index (κ1) is 19.1. The minimum atomic E-state index is -0.213. The van der Waals surface area contributed by atoms with Gasteiger partial charge in [0.05, 0.1) is 29.3 Å². The van der Waals surface area contributed by atoms with Gasteiger partial charge in [-0.1, -0.05) is 37.3 Å². The van der Waals surface area contributed by atoms with Gasteiger partial charge in [-0.3, -0.25) is 9.59 Å². The molecule has 4 rings (SSSR count). The van der Waals surface area contributed by atoms with E-state index in [9.17, 15) is 9.59 Å². The lowest BCUT2D eigenvalue weighted by Crippen LogP contribution is -2.53. The van der Waals surface area contributed by atoms with Crippen molar-refractivity contribution in [1.82, 2.24) is 9.80 Å². The third kappa shape index (κ3) is 3.58. The van der Waals surface area contributed by atoms with Crippen molar-refractivity contribution in [2.75, 3.05) is 18.8 Å². The van der Waals surface area contributed by atoms with Gasteiger partial charge in [0.25, 0.3) is 0 Å². The van der Waals surface area contributed by atoms with E-state index in [2.05, 4.69) is 6.92 Å². The van der Waals surface area contributed by atoms with E-state index in [1.165, 1.54) is 0 Å². The highest BCUT2D eigenvalue weighted by Crippen LogP contribution is 2.45. The zero-order chi connectivity index (χ0) is 19.6. The smallest absolute Gasteiger partial charge is 0.234 e. The van der Waals surface area contributed by atoms with Crippen LogP contribution in [0.5, 0.6) is 0 Å². The third-order valence-electron chi connectivity index (χ3n) is 5.92. The molecule has 148 valence electrons. The maximum atomic E-state index is 13.2. The van der Waals surface area contributed by atoms with E-state index in [4.69, 9.17) is 4.42 Å². The SMILES string of the molecule is CCC(C(=O)N1CCC2(CC1)SCC(=O)N2Cc1ccco1)c1ccccc1. The average molecular weight is 399 g/mol. The molecule has 2 aliphatic heterocycles. The first-order chi connectivity index (χ1) is 13.6. The van der Waals surface area contributed by atoms with E-state index >= 15 is 0 Å². The minimum absolute atomic E-state index is 0.0904. The zero-order valence-corrected chi connectivity index (χ0v) is 17.0. The van der Waals surface area contributed by atoms with Gasteiger partial charge in [0, 0.05) is 13.1 Å². The molecule has 1 aromatic heterocycles. The summed E-state index contributed by atoms with van der Waals surface area (Å²) in [5.41, 5.74) is 1.08. The normalized spacial score (nSPS) is 20.0. The molecule has 1 aromatic carbocycles. The van der Waals surface area contributed by atoms with Crippen LogP contribution >= 0.6 is 11.8 Å². The summed E-state index contributed by atoms with van der Waals surface area (Å²) in [4.78, 5) is 29.4. The van der Waals surface area contributed by atoms with Gasteiger partial charge in [-0.2, -0.15) is 0 Å². The molecule has 28 heavy (non-hydrogen) atoms. The maximum absolute atomic E-state index is 13.2. The molecular weight excluding hydrogens is 372 g/mol. The van der Waals surface area contributed by atoms with Gasteiger partial charge < -0.3 is 14.2 Å². The summed E-state index contributed by atoms with van der Waals surface area (Å²) in [5.74, 6) is 1.60. The molecule has 5 nitrogen and oxygen atoms in total. The number of likely N-dealkylation sites (tertiary alicyclic amines) is 1. The van der Waals surface area contributed by atoms with Crippen molar-refractivity contribution in [3.63, 3.8) is 0 Å². The van der Waals surface area contributed by atoms with Gasteiger partial charge in [0.2, 0.25) is 11.8 Å². The van der Waals surface area contributed by atoms with Gasteiger partial charge in [-0.05, 0) is 37.0 Å². The number of hydrogen-bond donors (Lipinski definition) is 0. The summed E-state index contributed by atoms with van der Waals surface area (Å²) in [7, 11) is 0. The number of nitrogens with zero attached hydrogens (tertiary/aromatic N) is 2. The quantitative estimate of drug-likeness (QED) is 0.767. The van der Waals surface area contributed by atoms with Crippen LogP contribution in [0.3, 0.4) is 0 Å². The molecule has 1 atom stereocenters. The van der Waals surface area contributed by atoms with E-state index in [1.54, 1.807) is 18.0 Å². The first-order valence-electron chi connectivity index (χ1n) is 9.93. The van der Waals surface area contributed by atoms with Crippen molar-refractivity contribution in [3.8, 4) is 0 Å². The summed E-state index contributed by atoms with van der Waals surface area (Å²) >= 11 is 1.72. The summed E-state index contributed by atoms with van der Waals surface area (Å²) in [5, 5.41) is 0. The van der Waals surface area contributed by atoms with Crippen LogP contribution in [0.15, 0.2) is 53.1 Å². The first-order valence-corrected chi connectivity index (χ1v) is 10.9. The van der Waals surface area contributed by atoms with Crippen LogP contribution in [0.1, 0.15) is 43.4 Å². The Morgan fingerprint density at radius 1 is 1.18 bits per heavy atom. The number of furan rings is 1. The number of carbonyl (C=O) groups is 2. The van der Waals surface area contributed by atoms with Gasteiger partial charge >= 0.3 is 0 Å². The number of amides is 2. The van der Waals surface area contributed by atoms with Crippen molar-refractivity contribution in [3.05, 3.63) is 60.1 Å². The average Bonchev–Trinajstić information content (AvgIpc) is 3.35. The molecule has 0 bridgehead atoms. The largest absolute Gasteiger partial charge is 0.467 e.